The molecule has 0 unspecified atom stereocenters. The highest BCUT2D eigenvalue weighted by atomic mass is 16.1. The molecule has 3 aromatic rings. The molecule has 5 rings (SSSR count). The molecule has 1 aliphatic heterocycles. The number of benzene rings is 2. The highest BCUT2D eigenvalue weighted by Gasteiger charge is 2.34. The van der Waals surface area contributed by atoms with Crippen molar-refractivity contribution in [2.24, 2.45) is 0 Å². The summed E-state index contributed by atoms with van der Waals surface area (Å²) < 4.78 is 0. The number of allylic oxidation sites excluding steroid dienone is 2. The van der Waals surface area contributed by atoms with E-state index in [0.717, 1.165) is 29.8 Å². The number of Topliss-reactive ketones (excluding diaryl/α,β-unsaturated/α-hetero) is 1. The minimum absolute atomic E-state index is 0.111. The highest BCUT2D eigenvalue weighted by Crippen LogP contribution is 2.29. The Morgan fingerprint density at radius 3 is 2.11 bits per heavy atom. The lowest BCUT2D eigenvalue weighted by Crippen LogP contribution is -2.22. The molecule has 4 heteroatoms. The van der Waals surface area contributed by atoms with E-state index in [9.17, 15) is 9.59 Å². The fourth-order valence-electron chi connectivity index (χ4n) is 3.38. The third kappa shape index (κ3) is 2.75. The number of rotatable bonds is 3. The van der Waals surface area contributed by atoms with Gasteiger partial charge in [0.2, 0.25) is 11.6 Å². The Bertz CT molecular complexity index is 1090. The Morgan fingerprint density at radius 2 is 1.41 bits per heavy atom. The van der Waals surface area contributed by atoms with Crippen LogP contribution in [-0.2, 0) is 0 Å². The van der Waals surface area contributed by atoms with E-state index < -0.39 is 0 Å². The minimum atomic E-state index is -0.200. The summed E-state index contributed by atoms with van der Waals surface area (Å²) in [5.41, 5.74) is 5.01. The van der Waals surface area contributed by atoms with Crippen LogP contribution in [0.15, 0.2) is 78.5 Å². The molecule has 4 nitrogen and oxygen atoms in total. The molecule has 1 fully saturated rings. The van der Waals surface area contributed by atoms with Gasteiger partial charge in [0.05, 0.1) is 17.0 Å². The zero-order chi connectivity index (χ0) is 18.4. The van der Waals surface area contributed by atoms with Crippen LogP contribution in [0.2, 0.25) is 0 Å². The van der Waals surface area contributed by atoms with Gasteiger partial charge in [-0.2, -0.15) is 0 Å². The van der Waals surface area contributed by atoms with Crippen LogP contribution in [0, 0.1) is 0 Å². The molecule has 0 saturated carbocycles. The van der Waals surface area contributed by atoms with Crippen molar-refractivity contribution >= 4 is 11.6 Å². The largest absolute Gasteiger partial charge is 0.365 e. The van der Waals surface area contributed by atoms with Crippen LogP contribution in [0.25, 0.3) is 22.4 Å². The maximum atomic E-state index is 12.6. The number of pyridine rings is 1. The lowest BCUT2D eigenvalue weighted by Gasteiger charge is -2.16. The molecule has 0 spiro atoms. The second-order valence-corrected chi connectivity index (χ2v) is 6.75. The van der Waals surface area contributed by atoms with E-state index in [1.807, 2.05) is 53.4 Å². The lowest BCUT2D eigenvalue weighted by molar-refractivity contribution is 0.0967. The molecule has 2 heterocycles. The highest BCUT2D eigenvalue weighted by molar-refractivity contribution is 6.23. The Labute approximate surface area is 156 Å². The molecular formula is C23H16N2O2. The molecule has 130 valence electrons. The molecule has 2 aromatic carbocycles. The van der Waals surface area contributed by atoms with E-state index in [2.05, 4.69) is 17.1 Å². The molecule has 27 heavy (non-hydrogen) atoms. The van der Waals surface area contributed by atoms with Crippen molar-refractivity contribution in [2.45, 2.75) is 0 Å². The van der Waals surface area contributed by atoms with Crippen molar-refractivity contribution in [1.82, 2.24) is 9.88 Å². The summed E-state index contributed by atoms with van der Waals surface area (Å²) in [4.78, 5) is 31.5. The van der Waals surface area contributed by atoms with Gasteiger partial charge in [-0.1, -0.05) is 54.6 Å². The second kappa shape index (κ2) is 6.02. The van der Waals surface area contributed by atoms with Crippen LogP contribution >= 0.6 is 0 Å². The van der Waals surface area contributed by atoms with Crippen LogP contribution in [0.1, 0.15) is 20.8 Å². The van der Waals surface area contributed by atoms with Crippen molar-refractivity contribution in [3.63, 3.8) is 0 Å². The van der Waals surface area contributed by atoms with Crippen molar-refractivity contribution in [3.05, 3.63) is 89.8 Å². The van der Waals surface area contributed by atoms with E-state index >= 15 is 0 Å². The van der Waals surface area contributed by atoms with E-state index in [1.54, 1.807) is 6.07 Å². The number of hydrogen-bond acceptors (Lipinski definition) is 4. The standard InChI is InChI=1S/C23H16N2O2/c26-21-14-20(25-12-13-25)23(27)18-10-11-19(24-22(18)21)17-8-6-16(7-9-17)15-4-2-1-3-5-15/h1-11,14H,12-13H2. The number of nitrogens with zero attached hydrogens (tertiary/aromatic N) is 2. The summed E-state index contributed by atoms with van der Waals surface area (Å²) >= 11 is 0. The van der Waals surface area contributed by atoms with E-state index in [4.69, 9.17) is 0 Å². The second-order valence-electron chi connectivity index (χ2n) is 6.75. The monoisotopic (exact) mass is 352 g/mol. The van der Waals surface area contributed by atoms with Crippen molar-refractivity contribution in [2.75, 3.05) is 13.1 Å². The Morgan fingerprint density at radius 1 is 0.741 bits per heavy atom. The van der Waals surface area contributed by atoms with Gasteiger partial charge in [-0.25, -0.2) is 4.98 Å². The topological polar surface area (TPSA) is 50.0 Å². The van der Waals surface area contributed by atoms with Gasteiger partial charge in [0.1, 0.15) is 5.69 Å². The van der Waals surface area contributed by atoms with Gasteiger partial charge >= 0.3 is 0 Å². The first kappa shape index (κ1) is 15.7. The van der Waals surface area contributed by atoms with Crippen LogP contribution < -0.4 is 0 Å². The summed E-state index contributed by atoms with van der Waals surface area (Å²) in [5.74, 6) is -0.310. The average molecular weight is 352 g/mol. The summed E-state index contributed by atoms with van der Waals surface area (Å²) in [6, 6.07) is 21.7. The van der Waals surface area contributed by atoms with Gasteiger partial charge < -0.3 is 4.90 Å². The van der Waals surface area contributed by atoms with Crippen LogP contribution in [0.5, 0.6) is 0 Å². The lowest BCUT2D eigenvalue weighted by atomic mass is 9.95. The fourth-order valence-corrected chi connectivity index (χ4v) is 3.38. The van der Waals surface area contributed by atoms with Crippen molar-refractivity contribution in [1.29, 1.82) is 0 Å². The zero-order valence-electron chi connectivity index (χ0n) is 14.6. The smallest absolute Gasteiger partial charge is 0.211 e. The van der Waals surface area contributed by atoms with Gasteiger partial charge in [-0.15, -0.1) is 0 Å². The van der Waals surface area contributed by atoms with Gasteiger partial charge in [-0.05, 0) is 23.3 Å². The summed E-state index contributed by atoms with van der Waals surface area (Å²) in [6.07, 6.45) is 1.42. The molecule has 2 aliphatic rings. The Balaban J connectivity index is 1.49. The normalized spacial score (nSPS) is 15.4. The predicted molar refractivity (Wildman–Crippen MR) is 103 cm³/mol. The van der Waals surface area contributed by atoms with Crippen LogP contribution in [0.4, 0.5) is 0 Å². The zero-order valence-corrected chi connectivity index (χ0v) is 14.6. The van der Waals surface area contributed by atoms with Gasteiger partial charge in [0, 0.05) is 24.7 Å². The predicted octanol–water partition coefficient (Wildman–Crippen LogP) is 3.99. The Kier molecular flexibility index (Phi) is 3.50. The number of carbonyl (C=O) groups is 2. The first-order valence-electron chi connectivity index (χ1n) is 8.93. The fraction of sp³-hybridized carbons (Fsp3) is 0.0870. The number of aromatic nitrogens is 1. The first-order chi connectivity index (χ1) is 13.2. The van der Waals surface area contributed by atoms with E-state index in [1.165, 1.54) is 6.08 Å². The third-order valence-corrected chi connectivity index (χ3v) is 4.95. The first-order valence-corrected chi connectivity index (χ1v) is 8.93. The van der Waals surface area contributed by atoms with Gasteiger partial charge in [-0.3, -0.25) is 9.59 Å². The van der Waals surface area contributed by atoms with Crippen molar-refractivity contribution < 1.29 is 9.59 Å². The molecule has 0 atom stereocenters. The van der Waals surface area contributed by atoms with Crippen LogP contribution in [-0.4, -0.2) is 34.5 Å². The maximum Gasteiger partial charge on any atom is 0.211 e. The quantitative estimate of drug-likeness (QED) is 0.669. The molecule has 1 aromatic heterocycles. The van der Waals surface area contributed by atoms with Crippen molar-refractivity contribution in [3.8, 4) is 22.4 Å². The minimum Gasteiger partial charge on any atom is -0.365 e. The molecule has 0 bridgehead atoms. The third-order valence-electron chi connectivity index (χ3n) is 4.95. The molecule has 1 saturated heterocycles. The molecule has 0 amide bonds. The summed E-state index contributed by atoms with van der Waals surface area (Å²) in [5, 5.41) is 0. The van der Waals surface area contributed by atoms with Crippen LogP contribution in [0.3, 0.4) is 0 Å². The van der Waals surface area contributed by atoms with Gasteiger partial charge in [0.15, 0.2) is 0 Å². The maximum absolute atomic E-state index is 12.6. The number of fused-ring (bicyclic) bond motifs is 1. The van der Waals surface area contributed by atoms with E-state index in [-0.39, 0.29) is 17.3 Å². The van der Waals surface area contributed by atoms with E-state index in [0.29, 0.717) is 17.0 Å². The Hall–Kier alpha value is -3.53. The SMILES string of the molecule is O=C1C(N2CC2)=CC(=O)c2nc(-c3ccc(-c4ccccc4)cc3)ccc21. The molecule has 1 aliphatic carbocycles. The number of ketones is 2. The summed E-state index contributed by atoms with van der Waals surface area (Å²) in [7, 11) is 0. The molecule has 0 N–H and O–H groups in total. The van der Waals surface area contributed by atoms with Gasteiger partial charge in [0.25, 0.3) is 0 Å². The average Bonchev–Trinajstić information content (AvgIpc) is 3.56. The number of carbonyl (C=O) groups excluding carboxylic acids is 2. The molecular weight excluding hydrogens is 336 g/mol. The summed E-state index contributed by atoms with van der Waals surface area (Å²) in [6.45, 7) is 1.67. The molecule has 0 radical (unpaired) electrons. The number of hydrogen-bond donors (Lipinski definition) is 0.